The third kappa shape index (κ3) is 4.65. The monoisotopic (exact) mass is 442 g/mol. The highest BCUT2D eigenvalue weighted by Gasteiger charge is 2.27. The van der Waals surface area contributed by atoms with Crippen molar-refractivity contribution in [3.05, 3.63) is 83.0 Å². The Morgan fingerprint density at radius 1 is 1.12 bits per heavy atom. The molecule has 1 fully saturated rings. The fourth-order valence-electron chi connectivity index (χ4n) is 4.63. The smallest absolute Gasteiger partial charge is 0.227 e. The molecule has 1 amide bonds. The van der Waals surface area contributed by atoms with Crippen molar-refractivity contribution in [3.63, 3.8) is 0 Å². The second-order valence-electron chi connectivity index (χ2n) is 8.44. The van der Waals surface area contributed by atoms with Gasteiger partial charge in [0.25, 0.3) is 0 Å². The predicted molar refractivity (Wildman–Crippen MR) is 123 cm³/mol. The van der Waals surface area contributed by atoms with Crippen LogP contribution in [0.25, 0.3) is 10.5 Å². The number of ether oxygens (including phenoxy) is 1. The van der Waals surface area contributed by atoms with Crippen molar-refractivity contribution in [2.24, 2.45) is 0 Å². The molecule has 8 heteroatoms. The van der Waals surface area contributed by atoms with E-state index in [0.717, 1.165) is 67.2 Å². The van der Waals surface area contributed by atoms with Gasteiger partial charge in [-0.1, -0.05) is 35.5 Å². The number of nitrogens with zero attached hydrogens (tertiary/aromatic N) is 6. The molecule has 33 heavy (non-hydrogen) atoms. The highest BCUT2D eigenvalue weighted by atomic mass is 16.5. The maximum absolute atomic E-state index is 12.8. The lowest BCUT2D eigenvalue weighted by Crippen LogP contribution is -2.50. The third-order valence-electron chi connectivity index (χ3n) is 6.45. The summed E-state index contributed by atoms with van der Waals surface area (Å²) in [6.07, 6.45) is 4.62. The fourth-order valence-corrected chi connectivity index (χ4v) is 4.63. The molecule has 3 heterocycles. The lowest BCUT2D eigenvalue weighted by molar-refractivity contribution is -0.132. The van der Waals surface area contributed by atoms with Gasteiger partial charge in [0.05, 0.1) is 43.8 Å². The number of hydrogen-bond acceptors (Lipinski definition) is 5. The van der Waals surface area contributed by atoms with E-state index in [2.05, 4.69) is 26.1 Å². The van der Waals surface area contributed by atoms with Crippen LogP contribution in [0.15, 0.2) is 54.9 Å². The topological polar surface area (TPSA) is 67.8 Å². The molecule has 5 rings (SSSR count). The van der Waals surface area contributed by atoms with E-state index in [4.69, 9.17) is 11.3 Å². The Bertz CT molecular complexity index is 1140. The first-order chi connectivity index (χ1) is 16.2. The molecule has 0 spiro atoms. The van der Waals surface area contributed by atoms with E-state index in [9.17, 15) is 4.79 Å². The Labute approximate surface area is 193 Å². The first-order valence-corrected chi connectivity index (χ1v) is 11.3. The summed E-state index contributed by atoms with van der Waals surface area (Å²) in [6.45, 7) is 12.0. The number of aromatic nitrogens is 3. The van der Waals surface area contributed by atoms with Crippen molar-refractivity contribution >= 4 is 11.6 Å². The zero-order valence-electron chi connectivity index (χ0n) is 18.4. The van der Waals surface area contributed by atoms with Crippen molar-refractivity contribution in [2.45, 2.75) is 18.9 Å². The summed E-state index contributed by atoms with van der Waals surface area (Å²) in [5.41, 5.74) is 4.93. The summed E-state index contributed by atoms with van der Waals surface area (Å²) in [6, 6.07) is 13.8. The van der Waals surface area contributed by atoms with Gasteiger partial charge in [-0.05, 0) is 35.2 Å². The number of piperazine rings is 1. The number of rotatable bonds is 5. The van der Waals surface area contributed by atoms with Gasteiger partial charge >= 0.3 is 0 Å². The van der Waals surface area contributed by atoms with Crippen LogP contribution in [0.1, 0.15) is 22.8 Å². The van der Waals surface area contributed by atoms with E-state index in [-0.39, 0.29) is 12.0 Å². The van der Waals surface area contributed by atoms with E-state index in [1.807, 2.05) is 41.3 Å². The highest BCUT2D eigenvalue weighted by Crippen LogP contribution is 2.34. The summed E-state index contributed by atoms with van der Waals surface area (Å²) >= 11 is 0. The van der Waals surface area contributed by atoms with E-state index in [1.54, 1.807) is 17.1 Å². The molecule has 1 aromatic heterocycles. The van der Waals surface area contributed by atoms with Gasteiger partial charge in [0, 0.05) is 32.7 Å². The predicted octanol–water partition coefficient (Wildman–Crippen LogP) is 2.82. The molecule has 8 nitrogen and oxygen atoms in total. The zero-order valence-corrected chi connectivity index (χ0v) is 18.4. The standard InChI is InChI=1S/C25H26N6O2/c1-26-23-4-2-3-22-21(23)9-16-33-24(22)18-29-12-14-30(15-13-29)25(32)17-19-5-7-20(8-6-19)31-11-10-27-28-31/h2-8,10-11,24H,9,12-18H2. The van der Waals surface area contributed by atoms with E-state index in [1.165, 1.54) is 0 Å². The number of amides is 1. The van der Waals surface area contributed by atoms with Crippen LogP contribution in [0.5, 0.6) is 0 Å². The Hall–Kier alpha value is -3.54. The average Bonchev–Trinajstić information content (AvgIpc) is 3.40. The van der Waals surface area contributed by atoms with Gasteiger partial charge in [0.15, 0.2) is 5.69 Å². The molecule has 168 valence electrons. The second kappa shape index (κ2) is 9.53. The van der Waals surface area contributed by atoms with Crippen LogP contribution in [0, 0.1) is 6.57 Å². The Kier molecular flexibility index (Phi) is 6.15. The molecular formula is C25H26N6O2. The van der Waals surface area contributed by atoms with Gasteiger partial charge in [-0.3, -0.25) is 9.69 Å². The normalized spacial score (nSPS) is 18.5. The van der Waals surface area contributed by atoms with Crippen molar-refractivity contribution < 1.29 is 9.53 Å². The summed E-state index contributed by atoms with van der Waals surface area (Å²) in [5.74, 6) is 0.157. The van der Waals surface area contributed by atoms with Crippen LogP contribution in [0.4, 0.5) is 5.69 Å². The summed E-state index contributed by atoms with van der Waals surface area (Å²) in [4.78, 5) is 20.8. The zero-order chi connectivity index (χ0) is 22.6. The number of carbonyl (C=O) groups excluding carboxylic acids is 1. The van der Waals surface area contributed by atoms with Gasteiger partial charge < -0.3 is 9.64 Å². The molecule has 0 bridgehead atoms. The van der Waals surface area contributed by atoms with Gasteiger partial charge in [-0.25, -0.2) is 9.53 Å². The molecule has 1 saturated heterocycles. The van der Waals surface area contributed by atoms with Crippen LogP contribution in [0.3, 0.4) is 0 Å². The summed E-state index contributed by atoms with van der Waals surface area (Å²) in [5, 5.41) is 7.81. The van der Waals surface area contributed by atoms with Gasteiger partial charge in [-0.2, -0.15) is 0 Å². The Morgan fingerprint density at radius 2 is 1.94 bits per heavy atom. The van der Waals surface area contributed by atoms with E-state index >= 15 is 0 Å². The Balaban J connectivity index is 1.14. The lowest BCUT2D eigenvalue weighted by atomic mass is 9.95. The molecule has 2 aromatic carbocycles. The first kappa shape index (κ1) is 21.3. The van der Waals surface area contributed by atoms with Crippen molar-refractivity contribution in [1.82, 2.24) is 24.8 Å². The number of fused-ring (bicyclic) bond motifs is 1. The van der Waals surface area contributed by atoms with Crippen molar-refractivity contribution in [1.29, 1.82) is 0 Å². The maximum Gasteiger partial charge on any atom is 0.227 e. The van der Waals surface area contributed by atoms with Crippen LogP contribution in [-0.4, -0.2) is 70.0 Å². The summed E-state index contributed by atoms with van der Waals surface area (Å²) in [7, 11) is 0. The van der Waals surface area contributed by atoms with E-state index in [0.29, 0.717) is 13.0 Å². The molecule has 1 unspecified atom stereocenters. The summed E-state index contributed by atoms with van der Waals surface area (Å²) < 4.78 is 7.76. The second-order valence-corrected chi connectivity index (χ2v) is 8.44. The van der Waals surface area contributed by atoms with Gasteiger partial charge in [0.2, 0.25) is 5.91 Å². The third-order valence-corrected chi connectivity index (χ3v) is 6.45. The fraction of sp³-hybridized carbons (Fsp3) is 0.360. The van der Waals surface area contributed by atoms with Gasteiger partial charge in [0.1, 0.15) is 0 Å². The van der Waals surface area contributed by atoms with Crippen LogP contribution < -0.4 is 0 Å². The van der Waals surface area contributed by atoms with Gasteiger partial charge in [-0.15, -0.1) is 5.10 Å². The molecule has 1 atom stereocenters. The number of benzene rings is 2. The quantitative estimate of drug-likeness (QED) is 0.569. The number of hydrogen-bond donors (Lipinski definition) is 0. The molecule has 0 radical (unpaired) electrons. The molecule has 0 saturated carbocycles. The lowest BCUT2D eigenvalue weighted by Gasteiger charge is -2.38. The molecule has 0 N–H and O–H groups in total. The minimum atomic E-state index is -0.0128. The average molecular weight is 443 g/mol. The SMILES string of the molecule is [C-]#[N+]c1cccc2c1CCOC2CN1CCN(C(=O)Cc2ccc(-n3ccnn3)cc2)CC1. The molecule has 2 aliphatic rings. The van der Waals surface area contributed by atoms with E-state index < -0.39 is 0 Å². The Morgan fingerprint density at radius 3 is 2.67 bits per heavy atom. The van der Waals surface area contributed by atoms with Crippen molar-refractivity contribution in [3.8, 4) is 5.69 Å². The molecule has 0 aliphatic carbocycles. The van der Waals surface area contributed by atoms with Crippen LogP contribution >= 0.6 is 0 Å². The maximum atomic E-state index is 12.8. The molecule has 2 aliphatic heterocycles. The first-order valence-electron chi connectivity index (χ1n) is 11.3. The van der Waals surface area contributed by atoms with Crippen molar-refractivity contribution in [2.75, 3.05) is 39.3 Å². The number of carbonyl (C=O) groups is 1. The minimum absolute atomic E-state index is 0.0128. The van der Waals surface area contributed by atoms with Crippen LogP contribution in [0.2, 0.25) is 0 Å². The highest BCUT2D eigenvalue weighted by molar-refractivity contribution is 5.79. The molecular weight excluding hydrogens is 416 g/mol. The van der Waals surface area contributed by atoms with Crippen LogP contribution in [-0.2, 0) is 22.4 Å². The minimum Gasteiger partial charge on any atom is -0.372 e. The largest absolute Gasteiger partial charge is 0.372 e. The molecule has 3 aromatic rings.